The van der Waals surface area contributed by atoms with Crippen molar-refractivity contribution in [2.24, 2.45) is 5.92 Å². The fourth-order valence-corrected chi connectivity index (χ4v) is 2.14. The summed E-state index contributed by atoms with van der Waals surface area (Å²) in [5.74, 6) is 0.892. The molecule has 3 N–H and O–H groups in total. The summed E-state index contributed by atoms with van der Waals surface area (Å²) < 4.78 is 0. The van der Waals surface area contributed by atoms with Gasteiger partial charge >= 0.3 is 0 Å². The Hall–Kier alpha value is -1.30. The lowest BCUT2D eigenvalue weighted by atomic mass is 10.4. The van der Waals surface area contributed by atoms with Crippen molar-refractivity contribution in [1.82, 2.24) is 10.3 Å². The minimum atomic E-state index is -0.102. The second-order valence-corrected chi connectivity index (χ2v) is 5.24. The van der Waals surface area contributed by atoms with E-state index in [1.54, 1.807) is 0 Å². The highest BCUT2D eigenvalue weighted by Crippen LogP contribution is 2.29. The van der Waals surface area contributed by atoms with Gasteiger partial charge in [-0.25, -0.2) is 4.98 Å². The molecule has 0 saturated heterocycles. The highest BCUT2D eigenvalue weighted by Gasteiger charge is 2.23. The highest BCUT2D eigenvalue weighted by molar-refractivity contribution is 7.18. The maximum Gasteiger partial charge on any atom is 0.265 e. The molecule has 1 amide bonds. The van der Waals surface area contributed by atoms with Crippen LogP contribution >= 0.6 is 11.3 Å². The average molecular weight is 240 g/mol. The largest absolute Gasteiger partial charge is 0.382 e. The number of rotatable bonds is 4. The van der Waals surface area contributed by atoms with E-state index in [0.29, 0.717) is 16.6 Å². The molecule has 16 heavy (non-hydrogen) atoms. The van der Waals surface area contributed by atoms with Crippen LogP contribution in [0, 0.1) is 5.92 Å². The zero-order valence-electron chi connectivity index (χ0n) is 9.49. The number of carbonyl (C=O) groups excluding carboxylic acids is 1. The van der Waals surface area contributed by atoms with Gasteiger partial charge in [-0.1, -0.05) is 11.3 Å². The summed E-state index contributed by atoms with van der Waals surface area (Å²) >= 11 is 1.33. The quantitative estimate of drug-likeness (QED) is 0.821. The number of nitrogens with zero attached hydrogens (tertiary/aromatic N) is 2. The van der Waals surface area contributed by atoms with Crippen LogP contribution in [0.2, 0.25) is 0 Å². The molecule has 0 aliphatic heterocycles. The van der Waals surface area contributed by atoms with Crippen LogP contribution in [0.25, 0.3) is 0 Å². The zero-order chi connectivity index (χ0) is 11.7. The molecule has 1 fully saturated rings. The van der Waals surface area contributed by atoms with Crippen LogP contribution in [0.4, 0.5) is 10.9 Å². The fourth-order valence-electron chi connectivity index (χ4n) is 1.31. The monoisotopic (exact) mass is 240 g/mol. The summed E-state index contributed by atoms with van der Waals surface area (Å²) in [6.45, 7) is 0.757. The van der Waals surface area contributed by atoms with Gasteiger partial charge in [0.1, 0.15) is 10.7 Å². The van der Waals surface area contributed by atoms with Crippen LogP contribution in [0.5, 0.6) is 0 Å². The van der Waals surface area contributed by atoms with Crippen molar-refractivity contribution in [2.75, 3.05) is 31.3 Å². The molecular weight excluding hydrogens is 224 g/mol. The molecule has 0 unspecified atom stereocenters. The van der Waals surface area contributed by atoms with E-state index in [4.69, 9.17) is 5.73 Å². The van der Waals surface area contributed by atoms with Gasteiger partial charge in [0.25, 0.3) is 5.91 Å². The van der Waals surface area contributed by atoms with Crippen molar-refractivity contribution in [1.29, 1.82) is 0 Å². The Morgan fingerprint density at radius 2 is 2.31 bits per heavy atom. The average Bonchev–Trinajstić information content (AvgIpc) is 2.97. The summed E-state index contributed by atoms with van der Waals surface area (Å²) in [5, 5.41) is 3.65. The van der Waals surface area contributed by atoms with E-state index in [2.05, 4.69) is 10.3 Å². The summed E-state index contributed by atoms with van der Waals surface area (Å²) in [7, 11) is 3.76. The fraction of sp³-hybridized carbons (Fsp3) is 0.600. The first-order chi connectivity index (χ1) is 7.58. The van der Waals surface area contributed by atoms with Gasteiger partial charge in [0.15, 0.2) is 5.13 Å². The molecule has 1 heterocycles. The van der Waals surface area contributed by atoms with Gasteiger partial charge in [-0.3, -0.25) is 4.79 Å². The van der Waals surface area contributed by atoms with Crippen LogP contribution in [0.1, 0.15) is 22.5 Å². The zero-order valence-corrected chi connectivity index (χ0v) is 10.3. The number of hydrogen-bond acceptors (Lipinski definition) is 5. The van der Waals surface area contributed by atoms with Crippen LogP contribution in [0.3, 0.4) is 0 Å². The van der Waals surface area contributed by atoms with Crippen molar-refractivity contribution >= 4 is 28.2 Å². The molecule has 0 spiro atoms. The molecule has 5 nitrogen and oxygen atoms in total. The lowest BCUT2D eigenvalue weighted by Gasteiger charge is -2.05. The van der Waals surface area contributed by atoms with E-state index >= 15 is 0 Å². The third-order valence-corrected chi connectivity index (χ3v) is 3.72. The molecule has 1 aromatic rings. The third kappa shape index (κ3) is 2.44. The van der Waals surface area contributed by atoms with Gasteiger partial charge in [-0.05, 0) is 18.8 Å². The Labute approximate surface area is 98.7 Å². The van der Waals surface area contributed by atoms with E-state index in [0.717, 1.165) is 11.7 Å². The number of anilines is 2. The Morgan fingerprint density at radius 3 is 2.81 bits per heavy atom. The van der Waals surface area contributed by atoms with E-state index < -0.39 is 0 Å². The minimum Gasteiger partial charge on any atom is -0.382 e. The number of hydrogen-bond donors (Lipinski definition) is 2. The van der Waals surface area contributed by atoms with Crippen molar-refractivity contribution < 1.29 is 4.79 Å². The normalized spacial score (nSPS) is 14.9. The number of thiazole rings is 1. The summed E-state index contributed by atoms with van der Waals surface area (Å²) in [5.41, 5.74) is 5.71. The first kappa shape index (κ1) is 11.2. The molecule has 0 atom stereocenters. The Morgan fingerprint density at radius 1 is 1.62 bits per heavy atom. The van der Waals surface area contributed by atoms with Crippen molar-refractivity contribution in [3.63, 3.8) is 0 Å². The number of nitrogen functional groups attached to an aromatic ring is 1. The minimum absolute atomic E-state index is 0.102. The molecule has 0 aromatic carbocycles. The Kier molecular flexibility index (Phi) is 3.00. The van der Waals surface area contributed by atoms with Gasteiger partial charge < -0.3 is 16.0 Å². The lowest BCUT2D eigenvalue weighted by Crippen LogP contribution is -2.25. The van der Waals surface area contributed by atoms with E-state index in [1.807, 2.05) is 19.0 Å². The van der Waals surface area contributed by atoms with Crippen molar-refractivity contribution in [3.05, 3.63) is 4.88 Å². The molecular formula is C10H16N4OS. The second-order valence-electron chi connectivity index (χ2n) is 4.26. The molecule has 6 heteroatoms. The Balaban J connectivity index is 2.03. The predicted octanol–water partition coefficient (Wildman–Crippen LogP) is 0.931. The number of aromatic nitrogens is 1. The van der Waals surface area contributed by atoms with Gasteiger partial charge in [0.05, 0.1) is 0 Å². The molecule has 88 valence electrons. The molecule has 1 saturated carbocycles. The number of amides is 1. The molecule has 2 rings (SSSR count). The third-order valence-electron chi connectivity index (χ3n) is 2.48. The molecule has 0 radical (unpaired) electrons. The van der Waals surface area contributed by atoms with Crippen LogP contribution in [-0.2, 0) is 0 Å². The Bertz CT molecular complexity index is 398. The van der Waals surface area contributed by atoms with Crippen LogP contribution in [-0.4, -0.2) is 31.5 Å². The number of nitrogens with one attached hydrogen (secondary N) is 1. The van der Waals surface area contributed by atoms with Crippen LogP contribution < -0.4 is 16.0 Å². The summed E-state index contributed by atoms with van der Waals surface area (Å²) in [4.78, 5) is 18.3. The predicted molar refractivity (Wildman–Crippen MR) is 65.9 cm³/mol. The molecule has 1 aliphatic rings. The van der Waals surface area contributed by atoms with E-state index in [-0.39, 0.29) is 5.91 Å². The topological polar surface area (TPSA) is 71.2 Å². The van der Waals surface area contributed by atoms with Gasteiger partial charge in [-0.2, -0.15) is 0 Å². The lowest BCUT2D eigenvalue weighted by molar-refractivity contribution is 0.0956. The summed E-state index contributed by atoms with van der Waals surface area (Å²) in [6, 6.07) is 0. The van der Waals surface area contributed by atoms with Crippen molar-refractivity contribution in [3.8, 4) is 0 Å². The number of carbonyl (C=O) groups is 1. The smallest absolute Gasteiger partial charge is 0.265 e. The molecule has 0 bridgehead atoms. The molecule has 1 aliphatic carbocycles. The highest BCUT2D eigenvalue weighted by atomic mass is 32.1. The van der Waals surface area contributed by atoms with E-state index in [1.165, 1.54) is 24.2 Å². The first-order valence-electron chi connectivity index (χ1n) is 5.29. The maximum atomic E-state index is 11.8. The second kappa shape index (κ2) is 4.29. The maximum absolute atomic E-state index is 11.8. The van der Waals surface area contributed by atoms with Crippen molar-refractivity contribution in [2.45, 2.75) is 12.8 Å². The van der Waals surface area contributed by atoms with Gasteiger partial charge in [0.2, 0.25) is 0 Å². The first-order valence-corrected chi connectivity index (χ1v) is 6.11. The number of nitrogens with two attached hydrogens (primary N) is 1. The summed E-state index contributed by atoms with van der Waals surface area (Å²) in [6.07, 6.45) is 2.45. The van der Waals surface area contributed by atoms with Gasteiger partial charge in [0, 0.05) is 20.6 Å². The molecule has 1 aromatic heterocycles. The van der Waals surface area contributed by atoms with Gasteiger partial charge in [-0.15, -0.1) is 0 Å². The SMILES string of the molecule is CN(C)c1nc(N)c(C(=O)NCC2CC2)s1. The van der Waals surface area contributed by atoms with Crippen LogP contribution in [0.15, 0.2) is 0 Å². The standard InChI is InChI=1S/C10H16N4OS/c1-14(2)10-13-8(11)7(16-10)9(15)12-5-6-3-4-6/h6H,3-5,11H2,1-2H3,(H,12,15). The van der Waals surface area contributed by atoms with E-state index in [9.17, 15) is 4.79 Å².